The Kier molecular flexibility index (Phi) is 6.73. The minimum atomic E-state index is 0.550. The maximum atomic E-state index is 5.47. The van der Waals surface area contributed by atoms with Gasteiger partial charge in [0.1, 0.15) is 17.2 Å². The highest BCUT2D eigenvalue weighted by atomic mass is 16.5. The molecule has 0 fully saturated rings. The van der Waals surface area contributed by atoms with Gasteiger partial charge in [-0.3, -0.25) is 10.4 Å². The van der Waals surface area contributed by atoms with Gasteiger partial charge in [-0.1, -0.05) is 6.07 Å². The molecule has 0 bridgehead atoms. The Labute approximate surface area is 164 Å². The molecule has 6 nitrogen and oxygen atoms in total. The number of hydrogen-bond acceptors (Lipinski definition) is 5. The molecular weight excluding hydrogens is 352 g/mol. The Morgan fingerprint density at radius 1 is 1.00 bits per heavy atom. The van der Waals surface area contributed by atoms with E-state index < -0.39 is 0 Å². The van der Waals surface area contributed by atoms with Crippen LogP contribution in [0.4, 0.5) is 5.69 Å². The molecule has 0 saturated heterocycles. The number of nitrogens with one attached hydrogen (secondary N) is 1. The molecule has 1 aromatic heterocycles. The summed E-state index contributed by atoms with van der Waals surface area (Å²) in [6.45, 7) is 2.58. The Balaban J connectivity index is 1.79. The first-order valence-corrected chi connectivity index (χ1v) is 8.94. The molecule has 3 aromatic rings. The van der Waals surface area contributed by atoms with Crippen LogP contribution < -0.4 is 14.9 Å². The number of hydrazone groups is 1. The highest BCUT2D eigenvalue weighted by Gasteiger charge is 2.04. The Bertz CT molecular complexity index is 921. The van der Waals surface area contributed by atoms with Crippen LogP contribution in [0, 0.1) is 0 Å². The largest absolute Gasteiger partial charge is 0.497 e. The van der Waals surface area contributed by atoms with Crippen LogP contribution in [0.15, 0.2) is 83.0 Å². The Hall–Kier alpha value is -3.67. The summed E-state index contributed by atoms with van der Waals surface area (Å²) in [5.74, 6) is 2.16. The average molecular weight is 374 g/mol. The van der Waals surface area contributed by atoms with Crippen molar-refractivity contribution in [1.29, 1.82) is 0 Å². The van der Waals surface area contributed by atoms with Gasteiger partial charge in [-0.2, -0.15) is 5.10 Å². The predicted octanol–water partition coefficient (Wildman–Crippen LogP) is 4.19. The first-order valence-electron chi connectivity index (χ1n) is 8.94. The molecule has 28 heavy (non-hydrogen) atoms. The second kappa shape index (κ2) is 9.87. The van der Waals surface area contributed by atoms with E-state index in [1.807, 2.05) is 73.7 Å². The van der Waals surface area contributed by atoms with Gasteiger partial charge >= 0.3 is 0 Å². The molecule has 2 aromatic carbocycles. The standard InChI is InChI=1S/C22H22N4O2/c1-3-28-20-13-9-18(10-14-20)25-22(21-6-4-5-15-23-21)26-24-16-17-7-11-19(27-2)12-8-17/h4-16H,3H2,1-2H3,(H,25,26)/b24-16+. The molecular formula is C22H22N4O2. The van der Waals surface area contributed by atoms with Crippen molar-refractivity contribution in [1.82, 2.24) is 10.4 Å². The van der Waals surface area contributed by atoms with Crippen LogP contribution in [0.1, 0.15) is 18.2 Å². The molecule has 1 heterocycles. The SMILES string of the molecule is CCOc1ccc(N=C(N/N=C/c2ccc(OC)cc2)c2ccccn2)cc1. The molecule has 0 aliphatic rings. The van der Waals surface area contributed by atoms with Gasteiger partial charge in [0.2, 0.25) is 0 Å². The molecule has 0 aliphatic carbocycles. The van der Waals surface area contributed by atoms with Gasteiger partial charge in [-0.15, -0.1) is 0 Å². The lowest BCUT2D eigenvalue weighted by Crippen LogP contribution is -2.20. The maximum Gasteiger partial charge on any atom is 0.172 e. The third kappa shape index (κ3) is 5.41. The summed E-state index contributed by atoms with van der Waals surface area (Å²) in [5, 5.41) is 4.31. The maximum absolute atomic E-state index is 5.47. The third-order valence-electron chi connectivity index (χ3n) is 3.80. The van der Waals surface area contributed by atoms with Crippen molar-refractivity contribution in [2.45, 2.75) is 6.92 Å². The number of ether oxygens (including phenoxy) is 2. The van der Waals surface area contributed by atoms with Crippen LogP contribution in [0.25, 0.3) is 0 Å². The first kappa shape index (κ1) is 19.1. The summed E-state index contributed by atoms with van der Waals surface area (Å²) in [4.78, 5) is 9.00. The van der Waals surface area contributed by atoms with Gasteiger partial charge in [0.15, 0.2) is 5.84 Å². The molecule has 0 unspecified atom stereocenters. The summed E-state index contributed by atoms with van der Waals surface area (Å²) in [5.41, 5.74) is 5.41. The topological polar surface area (TPSA) is 68.1 Å². The molecule has 6 heteroatoms. The van der Waals surface area contributed by atoms with E-state index in [1.165, 1.54) is 0 Å². The van der Waals surface area contributed by atoms with Crippen molar-refractivity contribution in [3.63, 3.8) is 0 Å². The molecule has 0 amide bonds. The van der Waals surface area contributed by atoms with Gasteiger partial charge < -0.3 is 9.47 Å². The minimum absolute atomic E-state index is 0.550. The molecule has 0 aliphatic heterocycles. The second-order valence-corrected chi connectivity index (χ2v) is 5.75. The van der Waals surface area contributed by atoms with Crippen LogP contribution in [-0.2, 0) is 0 Å². The van der Waals surface area contributed by atoms with Crippen LogP contribution in [0.3, 0.4) is 0 Å². The average Bonchev–Trinajstić information content (AvgIpc) is 2.75. The summed E-state index contributed by atoms with van der Waals surface area (Å²) in [7, 11) is 1.64. The minimum Gasteiger partial charge on any atom is -0.497 e. The van der Waals surface area contributed by atoms with Crippen LogP contribution in [-0.4, -0.2) is 30.8 Å². The van der Waals surface area contributed by atoms with Crippen LogP contribution in [0.2, 0.25) is 0 Å². The number of methoxy groups -OCH3 is 1. The molecule has 1 N–H and O–H groups in total. The van der Waals surface area contributed by atoms with E-state index in [4.69, 9.17) is 9.47 Å². The number of rotatable bonds is 7. The van der Waals surface area contributed by atoms with E-state index in [-0.39, 0.29) is 0 Å². The van der Waals surface area contributed by atoms with Crippen molar-refractivity contribution < 1.29 is 9.47 Å². The number of aromatic nitrogens is 1. The molecule has 0 atom stereocenters. The molecule has 0 saturated carbocycles. The number of hydrogen-bond donors (Lipinski definition) is 1. The summed E-state index contributed by atoms with van der Waals surface area (Å²) < 4.78 is 10.6. The van der Waals surface area contributed by atoms with Crippen molar-refractivity contribution >= 4 is 17.7 Å². The normalized spacial score (nSPS) is 11.4. The zero-order valence-electron chi connectivity index (χ0n) is 15.9. The lowest BCUT2D eigenvalue weighted by molar-refractivity contribution is 0.340. The predicted molar refractivity (Wildman–Crippen MR) is 112 cm³/mol. The van der Waals surface area contributed by atoms with E-state index in [2.05, 4.69) is 20.5 Å². The highest BCUT2D eigenvalue weighted by Crippen LogP contribution is 2.19. The molecule has 0 radical (unpaired) electrons. The highest BCUT2D eigenvalue weighted by molar-refractivity contribution is 5.99. The van der Waals surface area contributed by atoms with E-state index in [0.717, 1.165) is 22.7 Å². The lowest BCUT2D eigenvalue weighted by Gasteiger charge is -2.06. The fourth-order valence-corrected chi connectivity index (χ4v) is 2.41. The van der Waals surface area contributed by atoms with Gasteiger partial charge in [0.25, 0.3) is 0 Å². The smallest absolute Gasteiger partial charge is 0.172 e. The molecule has 3 rings (SSSR count). The first-order chi connectivity index (χ1) is 13.8. The number of amidine groups is 1. The van der Waals surface area contributed by atoms with Crippen molar-refractivity contribution in [3.8, 4) is 11.5 Å². The molecule has 142 valence electrons. The second-order valence-electron chi connectivity index (χ2n) is 5.75. The number of benzene rings is 2. The van der Waals surface area contributed by atoms with Crippen LogP contribution in [0.5, 0.6) is 11.5 Å². The zero-order valence-corrected chi connectivity index (χ0v) is 15.9. The Morgan fingerprint density at radius 2 is 1.75 bits per heavy atom. The van der Waals surface area contributed by atoms with Crippen molar-refractivity contribution in [2.24, 2.45) is 10.1 Å². The van der Waals surface area contributed by atoms with Gasteiger partial charge in [0.05, 0.1) is 25.6 Å². The summed E-state index contributed by atoms with van der Waals surface area (Å²) in [6.07, 6.45) is 3.44. The summed E-state index contributed by atoms with van der Waals surface area (Å²) in [6, 6.07) is 20.8. The van der Waals surface area contributed by atoms with E-state index in [9.17, 15) is 0 Å². The number of aliphatic imine (C=N–C) groups is 1. The number of pyridine rings is 1. The number of nitrogens with zero attached hydrogens (tertiary/aromatic N) is 3. The summed E-state index contributed by atoms with van der Waals surface area (Å²) >= 11 is 0. The zero-order chi connectivity index (χ0) is 19.6. The van der Waals surface area contributed by atoms with E-state index in [0.29, 0.717) is 18.1 Å². The van der Waals surface area contributed by atoms with E-state index >= 15 is 0 Å². The van der Waals surface area contributed by atoms with Crippen molar-refractivity contribution in [3.05, 3.63) is 84.2 Å². The van der Waals surface area contributed by atoms with Crippen LogP contribution >= 0.6 is 0 Å². The third-order valence-corrected chi connectivity index (χ3v) is 3.80. The van der Waals surface area contributed by atoms with Crippen molar-refractivity contribution in [2.75, 3.05) is 13.7 Å². The Morgan fingerprint density at radius 3 is 2.39 bits per heavy atom. The lowest BCUT2D eigenvalue weighted by atomic mass is 10.2. The fourth-order valence-electron chi connectivity index (χ4n) is 2.41. The quantitative estimate of drug-likeness (QED) is 0.382. The monoisotopic (exact) mass is 374 g/mol. The van der Waals surface area contributed by atoms with Gasteiger partial charge in [-0.05, 0) is 73.2 Å². The van der Waals surface area contributed by atoms with Gasteiger partial charge in [-0.25, -0.2) is 4.99 Å². The van der Waals surface area contributed by atoms with Gasteiger partial charge in [0, 0.05) is 6.20 Å². The fraction of sp³-hybridized carbons (Fsp3) is 0.136. The molecule has 0 spiro atoms. The van der Waals surface area contributed by atoms with E-state index in [1.54, 1.807) is 19.5 Å².